The van der Waals surface area contributed by atoms with Crippen LogP contribution in [0.15, 0.2) is 48.5 Å². The molecule has 2 amide bonds. The first-order valence-corrected chi connectivity index (χ1v) is 10.4. The van der Waals surface area contributed by atoms with Crippen LogP contribution in [0.5, 0.6) is 5.75 Å². The molecule has 7 nitrogen and oxygen atoms in total. The molecule has 0 aliphatic carbocycles. The Hall–Kier alpha value is -3.39. The van der Waals surface area contributed by atoms with E-state index in [1.54, 1.807) is 18.2 Å². The van der Waals surface area contributed by atoms with Gasteiger partial charge in [-0.15, -0.1) is 11.3 Å². The van der Waals surface area contributed by atoms with E-state index in [1.165, 1.54) is 16.2 Å². The summed E-state index contributed by atoms with van der Waals surface area (Å²) in [4.78, 5) is 31.3. The fraction of sp³-hybridized carbons (Fsp3) is 0.227. The molecule has 2 heterocycles. The third kappa shape index (κ3) is 4.13. The number of hydrogen-bond acceptors (Lipinski definition) is 6. The molecule has 30 heavy (non-hydrogen) atoms. The molecule has 1 aromatic heterocycles. The lowest BCUT2D eigenvalue weighted by Crippen LogP contribution is -2.23. The average molecular weight is 423 g/mol. The van der Waals surface area contributed by atoms with E-state index in [2.05, 4.69) is 10.3 Å². The minimum atomic E-state index is -0.378. The van der Waals surface area contributed by atoms with Gasteiger partial charge >= 0.3 is 6.09 Å². The standard InChI is InChI=1S/C22H21N3O4S/c1-3-28-18-9-7-15(8-10-18)21-23-14(2)19(30-21)20(26)24-16-5-4-6-17(13-16)25-11-12-29-22(25)27/h4-10,13H,3,11-12H2,1-2H3,(H,24,26). The Labute approximate surface area is 178 Å². The van der Waals surface area contributed by atoms with Crippen molar-refractivity contribution in [3.8, 4) is 16.3 Å². The number of aromatic nitrogens is 1. The van der Waals surface area contributed by atoms with Crippen LogP contribution in [0, 0.1) is 6.92 Å². The van der Waals surface area contributed by atoms with Crippen LogP contribution in [-0.2, 0) is 4.74 Å². The van der Waals surface area contributed by atoms with E-state index >= 15 is 0 Å². The lowest BCUT2D eigenvalue weighted by Gasteiger charge is -2.14. The van der Waals surface area contributed by atoms with Gasteiger partial charge in [0, 0.05) is 16.9 Å². The number of amides is 2. The third-order valence-electron chi connectivity index (χ3n) is 4.59. The number of carbonyl (C=O) groups is 2. The molecule has 1 saturated heterocycles. The number of nitrogens with one attached hydrogen (secondary N) is 1. The van der Waals surface area contributed by atoms with Crippen LogP contribution in [0.4, 0.5) is 16.2 Å². The monoisotopic (exact) mass is 423 g/mol. The van der Waals surface area contributed by atoms with Crippen molar-refractivity contribution in [3.05, 3.63) is 59.1 Å². The summed E-state index contributed by atoms with van der Waals surface area (Å²) in [6.45, 7) is 5.23. The van der Waals surface area contributed by atoms with Crippen LogP contribution < -0.4 is 15.0 Å². The van der Waals surface area contributed by atoms with Gasteiger partial charge in [-0.05, 0) is 56.3 Å². The van der Waals surface area contributed by atoms with Crippen molar-refractivity contribution in [1.82, 2.24) is 4.98 Å². The summed E-state index contributed by atoms with van der Waals surface area (Å²) in [5.41, 5.74) is 2.89. The first kappa shape index (κ1) is 19.9. The van der Waals surface area contributed by atoms with Crippen molar-refractivity contribution in [2.75, 3.05) is 30.0 Å². The summed E-state index contributed by atoms with van der Waals surface area (Å²) in [7, 11) is 0. The van der Waals surface area contributed by atoms with Crippen molar-refractivity contribution < 1.29 is 19.1 Å². The van der Waals surface area contributed by atoms with Crippen molar-refractivity contribution in [2.45, 2.75) is 13.8 Å². The molecule has 4 rings (SSSR count). The van der Waals surface area contributed by atoms with Gasteiger partial charge in [-0.1, -0.05) is 6.07 Å². The molecule has 0 saturated carbocycles. The zero-order valence-electron chi connectivity index (χ0n) is 16.7. The van der Waals surface area contributed by atoms with E-state index in [-0.39, 0.29) is 12.0 Å². The Morgan fingerprint density at radius 1 is 1.27 bits per heavy atom. The van der Waals surface area contributed by atoms with Gasteiger partial charge in [0.1, 0.15) is 22.2 Å². The highest BCUT2D eigenvalue weighted by Crippen LogP contribution is 2.30. The number of nitrogens with zero attached hydrogens (tertiary/aromatic N) is 2. The summed E-state index contributed by atoms with van der Waals surface area (Å²) >= 11 is 1.34. The highest BCUT2D eigenvalue weighted by Gasteiger charge is 2.24. The topological polar surface area (TPSA) is 80.8 Å². The summed E-state index contributed by atoms with van der Waals surface area (Å²) in [5, 5.41) is 3.67. The van der Waals surface area contributed by atoms with Crippen LogP contribution in [0.25, 0.3) is 10.6 Å². The predicted molar refractivity (Wildman–Crippen MR) is 117 cm³/mol. The second-order valence-electron chi connectivity index (χ2n) is 6.66. The molecule has 0 bridgehead atoms. The molecule has 1 aliphatic rings. The molecule has 1 fully saturated rings. The molecular weight excluding hydrogens is 402 g/mol. The Balaban J connectivity index is 1.51. The van der Waals surface area contributed by atoms with Gasteiger partial charge < -0.3 is 14.8 Å². The Morgan fingerprint density at radius 3 is 2.77 bits per heavy atom. The number of aryl methyl sites for hydroxylation is 1. The molecule has 3 aromatic rings. The number of carbonyl (C=O) groups excluding carboxylic acids is 2. The lowest BCUT2D eigenvalue weighted by atomic mass is 10.2. The quantitative estimate of drug-likeness (QED) is 0.620. The molecule has 1 aliphatic heterocycles. The summed E-state index contributed by atoms with van der Waals surface area (Å²) in [6.07, 6.45) is -0.378. The minimum Gasteiger partial charge on any atom is -0.494 e. The summed E-state index contributed by atoms with van der Waals surface area (Å²) < 4.78 is 10.4. The number of cyclic esters (lactones) is 1. The van der Waals surface area contributed by atoms with E-state index in [1.807, 2.05) is 44.2 Å². The van der Waals surface area contributed by atoms with Crippen molar-refractivity contribution in [3.63, 3.8) is 0 Å². The molecule has 0 radical (unpaired) electrons. The van der Waals surface area contributed by atoms with Crippen LogP contribution in [-0.4, -0.2) is 36.7 Å². The van der Waals surface area contributed by atoms with E-state index in [0.717, 1.165) is 16.3 Å². The zero-order chi connectivity index (χ0) is 21.1. The molecule has 0 spiro atoms. The normalized spacial score (nSPS) is 13.3. The highest BCUT2D eigenvalue weighted by molar-refractivity contribution is 7.17. The predicted octanol–water partition coefficient (Wildman–Crippen LogP) is 4.73. The second kappa shape index (κ2) is 8.54. The van der Waals surface area contributed by atoms with Gasteiger partial charge in [-0.25, -0.2) is 9.78 Å². The van der Waals surface area contributed by atoms with Crippen LogP contribution in [0.1, 0.15) is 22.3 Å². The highest BCUT2D eigenvalue weighted by atomic mass is 32.1. The number of benzene rings is 2. The van der Waals surface area contributed by atoms with Gasteiger partial charge in [-0.3, -0.25) is 9.69 Å². The molecule has 8 heteroatoms. The molecular formula is C22H21N3O4S. The first-order chi connectivity index (χ1) is 14.5. The summed E-state index contributed by atoms with van der Waals surface area (Å²) in [5.74, 6) is 0.567. The van der Waals surface area contributed by atoms with E-state index in [9.17, 15) is 9.59 Å². The van der Waals surface area contributed by atoms with Gasteiger partial charge in [0.25, 0.3) is 5.91 Å². The number of anilines is 2. The Morgan fingerprint density at radius 2 is 2.07 bits per heavy atom. The SMILES string of the molecule is CCOc1ccc(-c2nc(C)c(C(=O)Nc3cccc(N4CCOC4=O)c3)s2)cc1. The molecule has 154 valence electrons. The fourth-order valence-electron chi connectivity index (χ4n) is 3.16. The van der Waals surface area contributed by atoms with E-state index < -0.39 is 0 Å². The lowest BCUT2D eigenvalue weighted by molar-refractivity contribution is 0.102. The van der Waals surface area contributed by atoms with Crippen molar-refractivity contribution in [2.24, 2.45) is 0 Å². The smallest absolute Gasteiger partial charge is 0.414 e. The number of rotatable bonds is 6. The number of thiazole rings is 1. The number of hydrogen-bond donors (Lipinski definition) is 1. The molecule has 0 atom stereocenters. The largest absolute Gasteiger partial charge is 0.494 e. The maximum absolute atomic E-state index is 12.8. The van der Waals surface area contributed by atoms with Crippen LogP contribution in [0.2, 0.25) is 0 Å². The van der Waals surface area contributed by atoms with Gasteiger partial charge in [0.2, 0.25) is 0 Å². The zero-order valence-corrected chi connectivity index (χ0v) is 17.5. The second-order valence-corrected chi connectivity index (χ2v) is 7.66. The maximum Gasteiger partial charge on any atom is 0.414 e. The third-order valence-corrected chi connectivity index (χ3v) is 5.80. The van der Waals surface area contributed by atoms with Crippen LogP contribution in [0.3, 0.4) is 0 Å². The van der Waals surface area contributed by atoms with Gasteiger partial charge in [-0.2, -0.15) is 0 Å². The average Bonchev–Trinajstić information content (AvgIpc) is 3.34. The van der Waals surface area contributed by atoms with E-state index in [4.69, 9.17) is 9.47 Å². The Bertz CT molecular complexity index is 1080. The Kier molecular flexibility index (Phi) is 5.67. The number of ether oxygens (including phenoxy) is 2. The fourth-order valence-corrected chi connectivity index (χ4v) is 4.13. The molecule has 0 unspecified atom stereocenters. The van der Waals surface area contributed by atoms with E-state index in [0.29, 0.717) is 41.7 Å². The first-order valence-electron chi connectivity index (χ1n) is 9.61. The van der Waals surface area contributed by atoms with Crippen molar-refractivity contribution >= 4 is 34.7 Å². The van der Waals surface area contributed by atoms with Crippen molar-refractivity contribution in [1.29, 1.82) is 0 Å². The van der Waals surface area contributed by atoms with Crippen LogP contribution >= 0.6 is 11.3 Å². The molecule has 1 N–H and O–H groups in total. The minimum absolute atomic E-state index is 0.233. The summed E-state index contributed by atoms with van der Waals surface area (Å²) in [6, 6.07) is 14.8. The molecule has 2 aromatic carbocycles. The van der Waals surface area contributed by atoms with Gasteiger partial charge in [0.05, 0.1) is 18.8 Å². The maximum atomic E-state index is 12.8. The van der Waals surface area contributed by atoms with Gasteiger partial charge in [0.15, 0.2) is 0 Å².